The van der Waals surface area contributed by atoms with E-state index in [9.17, 15) is 10.1 Å². The third-order valence-corrected chi connectivity index (χ3v) is 5.29. The molecule has 0 aliphatic rings. The topological polar surface area (TPSA) is 83.6 Å². The zero-order valence-electron chi connectivity index (χ0n) is 17.8. The van der Waals surface area contributed by atoms with Crippen LogP contribution < -0.4 is 5.32 Å². The number of rotatable bonds is 5. The van der Waals surface area contributed by atoms with Crippen molar-refractivity contribution in [3.8, 4) is 11.9 Å². The third kappa shape index (κ3) is 4.17. The number of aryl methyl sites for hydroxylation is 4. The van der Waals surface area contributed by atoms with E-state index in [2.05, 4.69) is 35.5 Å². The summed E-state index contributed by atoms with van der Waals surface area (Å²) < 4.78 is 1.53. The first kappa shape index (κ1) is 20.3. The monoisotopic (exact) mass is 409 g/mol. The molecular weight excluding hydrogens is 386 g/mol. The first-order valence-corrected chi connectivity index (χ1v) is 10.2. The van der Waals surface area contributed by atoms with Crippen molar-refractivity contribution in [1.29, 1.82) is 5.26 Å². The molecule has 1 N–H and O–H groups in total. The Morgan fingerprint density at radius 1 is 1.10 bits per heavy atom. The van der Waals surface area contributed by atoms with E-state index in [1.165, 1.54) is 16.4 Å². The number of carbonyl (C=O) groups is 1. The largest absolute Gasteiger partial charge is 0.309 e. The molecule has 0 saturated heterocycles. The van der Waals surface area contributed by atoms with Crippen LogP contribution in [0.25, 0.3) is 16.7 Å². The Morgan fingerprint density at radius 3 is 2.61 bits per heavy atom. The molecule has 0 fully saturated rings. The molecule has 0 unspecified atom stereocenters. The van der Waals surface area contributed by atoms with Crippen LogP contribution in [0.15, 0.2) is 54.7 Å². The highest BCUT2D eigenvalue weighted by Crippen LogP contribution is 2.26. The van der Waals surface area contributed by atoms with Crippen LogP contribution in [-0.4, -0.2) is 20.7 Å². The van der Waals surface area contributed by atoms with Gasteiger partial charge in [0, 0.05) is 11.8 Å². The molecule has 2 heterocycles. The van der Waals surface area contributed by atoms with E-state index in [1.807, 2.05) is 50.2 Å². The van der Waals surface area contributed by atoms with E-state index >= 15 is 0 Å². The van der Waals surface area contributed by atoms with Gasteiger partial charge in [-0.25, -0.2) is 4.98 Å². The van der Waals surface area contributed by atoms with E-state index in [1.54, 1.807) is 0 Å². The Labute approximate surface area is 181 Å². The summed E-state index contributed by atoms with van der Waals surface area (Å²) in [6.45, 7) is 6.12. The molecule has 2 aromatic heterocycles. The molecule has 0 saturated carbocycles. The first-order chi connectivity index (χ1) is 15.0. The predicted octanol–water partition coefficient (Wildman–Crippen LogP) is 4.79. The number of anilines is 1. The van der Waals surface area contributed by atoms with Gasteiger partial charge in [-0.3, -0.25) is 4.79 Å². The average Bonchev–Trinajstić information content (AvgIpc) is 3.16. The zero-order chi connectivity index (χ0) is 22.0. The Kier molecular flexibility index (Phi) is 5.50. The Balaban J connectivity index is 1.67. The molecule has 0 atom stereocenters. The molecule has 1 amide bonds. The summed E-state index contributed by atoms with van der Waals surface area (Å²) in [4.78, 5) is 17.4. The molecular formula is C25H23N5O. The van der Waals surface area contributed by atoms with Gasteiger partial charge in [-0.2, -0.15) is 15.0 Å². The molecule has 6 nitrogen and oxygen atoms in total. The molecule has 0 bridgehead atoms. The number of aromatic nitrogens is 3. The number of hydrogen-bond donors (Lipinski definition) is 1. The minimum absolute atomic E-state index is 0.175. The van der Waals surface area contributed by atoms with Crippen LogP contribution in [0.5, 0.6) is 0 Å². The fraction of sp³-hybridized carbons (Fsp3) is 0.200. The minimum Gasteiger partial charge on any atom is -0.309 e. The maximum Gasteiger partial charge on any atom is 0.225 e. The average molecular weight is 409 g/mol. The van der Waals surface area contributed by atoms with E-state index in [0.29, 0.717) is 30.0 Å². The molecule has 2 aromatic carbocycles. The van der Waals surface area contributed by atoms with Gasteiger partial charge in [-0.05, 0) is 56.0 Å². The molecule has 0 aliphatic carbocycles. The predicted molar refractivity (Wildman–Crippen MR) is 121 cm³/mol. The van der Waals surface area contributed by atoms with Crippen molar-refractivity contribution in [2.24, 2.45) is 0 Å². The van der Waals surface area contributed by atoms with Crippen molar-refractivity contribution in [2.75, 3.05) is 5.32 Å². The second-order valence-corrected chi connectivity index (χ2v) is 7.74. The highest BCUT2D eigenvalue weighted by molar-refractivity contribution is 5.92. The second kappa shape index (κ2) is 8.41. The van der Waals surface area contributed by atoms with E-state index < -0.39 is 0 Å². The lowest BCUT2D eigenvalue weighted by molar-refractivity contribution is -0.116. The summed E-state index contributed by atoms with van der Waals surface area (Å²) in [6.07, 6.45) is 2.38. The lowest BCUT2D eigenvalue weighted by atomic mass is 10.0. The van der Waals surface area contributed by atoms with Crippen molar-refractivity contribution in [1.82, 2.24) is 14.8 Å². The maximum atomic E-state index is 12.6. The SMILES string of the molecule is Cc1cc(C)c2nc(-n3ncc(C#N)c3NC(=O)CCc3ccccc3)cc(C)c2c1. The standard InChI is InChI=1S/C25H23N5O/c1-16-11-18(3)24-21(12-16)17(2)13-22(28-24)30-25(20(14-26)15-27-30)29-23(31)10-9-19-7-5-4-6-8-19/h4-8,11-13,15H,9-10H2,1-3H3,(H,29,31). The van der Waals surface area contributed by atoms with Crippen LogP contribution >= 0.6 is 0 Å². The van der Waals surface area contributed by atoms with Crippen LogP contribution in [0.4, 0.5) is 5.82 Å². The number of nitrogens with one attached hydrogen (secondary N) is 1. The number of nitriles is 1. The number of benzene rings is 2. The molecule has 4 rings (SSSR count). The Morgan fingerprint density at radius 2 is 1.87 bits per heavy atom. The van der Waals surface area contributed by atoms with Crippen LogP contribution in [0.2, 0.25) is 0 Å². The van der Waals surface area contributed by atoms with Crippen molar-refractivity contribution < 1.29 is 4.79 Å². The van der Waals surface area contributed by atoms with Gasteiger partial charge >= 0.3 is 0 Å². The lowest BCUT2D eigenvalue weighted by Crippen LogP contribution is -2.17. The van der Waals surface area contributed by atoms with Gasteiger partial charge in [-0.1, -0.05) is 42.0 Å². The van der Waals surface area contributed by atoms with Crippen LogP contribution in [0, 0.1) is 32.1 Å². The van der Waals surface area contributed by atoms with Gasteiger partial charge in [-0.15, -0.1) is 0 Å². The molecule has 4 aromatic rings. The van der Waals surface area contributed by atoms with E-state index in [0.717, 1.165) is 27.6 Å². The summed E-state index contributed by atoms with van der Waals surface area (Å²) in [5.74, 6) is 0.736. The van der Waals surface area contributed by atoms with Gasteiger partial charge in [0.1, 0.15) is 11.6 Å². The number of carbonyl (C=O) groups excluding carboxylic acids is 1. The van der Waals surface area contributed by atoms with Gasteiger partial charge in [0.15, 0.2) is 11.6 Å². The third-order valence-electron chi connectivity index (χ3n) is 5.29. The highest BCUT2D eigenvalue weighted by Gasteiger charge is 2.17. The van der Waals surface area contributed by atoms with E-state index in [4.69, 9.17) is 4.98 Å². The van der Waals surface area contributed by atoms with Crippen molar-refractivity contribution >= 4 is 22.6 Å². The molecule has 0 aliphatic heterocycles. The van der Waals surface area contributed by atoms with Crippen LogP contribution in [-0.2, 0) is 11.2 Å². The summed E-state index contributed by atoms with van der Waals surface area (Å²) in [7, 11) is 0. The summed E-state index contributed by atoms with van der Waals surface area (Å²) >= 11 is 0. The van der Waals surface area contributed by atoms with Gasteiger partial charge in [0.05, 0.1) is 11.7 Å². The molecule has 0 spiro atoms. The van der Waals surface area contributed by atoms with Crippen molar-refractivity contribution in [3.63, 3.8) is 0 Å². The number of hydrogen-bond acceptors (Lipinski definition) is 4. The minimum atomic E-state index is -0.175. The van der Waals surface area contributed by atoms with Gasteiger partial charge in [0.25, 0.3) is 0 Å². The molecule has 154 valence electrons. The second-order valence-electron chi connectivity index (χ2n) is 7.74. The molecule has 6 heteroatoms. The maximum absolute atomic E-state index is 12.6. The first-order valence-electron chi connectivity index (χ1n) is 10.2. The highest BCUT2D eigenvalue weighted by atomic mass is 16.1. The van der Waals surface area contributed by atoms with Crippen molar-refractivity contribution in [2.45, 2.75) is 33.6 Å². The quantitative estimate of drug-likeness (QED) is 0.514. The summed E-state index contributed by atoms with van der Waals surface area (Å²) in [5, 5.41) is 17.8. The molecule has 0 radical (unpaired) electrons. The Hall–Kier alpha value is -3.98. The van der Waals surface area contributed by atoms with Crippen LogP contribution in [0.3, 0.4) is 0 Å². The van der Waals surface area contributed by atoms with Gasteiger partial charge in [0.2, 0.25) is 5.91 Å². The number of pyridine rings is 1. The fourth-order valence-electron chi connectivity index (χ4n) is 3.76. The van der Waals surface area contributed by atoms with E-state index in [-0.39, 0.29) is 5.91 Å². The Bertz CT molecular complexity index is 1320. The zero-order valence-corrected chi connectivity index (χ0v) is 17.8. The lowest BCUT2D eigenvalue weighted by Gasteiger charge is -2.13. The normalized spacial score (nSPS) is 10.8. The van der Waals surface area contributed by atoms with Crippen molar-refractivity contribution in [3.05, 3.63) is 82.5 Å². The number of fused-ring (bicyclic) bond motifs is 1. The number of amides is 1. The van der Waals surface area contributed by atoms with Crippen LogP contribution in [0.1, 0.15) is 34.2 Å². The summed E-state index contributed by atoms with van der Waals surface area (Å²) in [6, 6.07) is 18.1. The van der Waals surface area contributed by atoms with Gasteiger partial charge < -0.3 is 5.32 Å². The summed E-state index contributed by atoms with van der Waals surface area (Å²) in [5.41, 5.74) is 5.58. The smallest absolute Gasteiger partial charge is 0.225 e. The molecule has 31 heavy (non-hydrogen) atoms. The number of nitrogens with zero attached hydrogens (tertiary/aromatic N) is 4. The fourth-order valence-corrected chi connectivity index (χ4v) is 3.76.